The van der Waals surface area contributed by atoms with Crippen molar-refractivity contribution >= 4 is 26.0 Å². The number of nitrogens with zero attached hydrogens (tertiary/aromatic N) is 1. The van der Waals surface area contributed by atoms with Gasteiger partial charge in [0.25, 0.3) is 0 Å². The summed E-state index contributed by atoms with van der Waals surface area (Å²) in [5.41, 5.74) is 0. The zero-order chi connectivity index (χ0) is 12.5. The Kier molecular flexibility index (Phi) is 3.87. The van der Waals surface area contributed by atoms with E-state index in [1.165, 1.54) is 0 Å². The predicted molar refractivity (Wildman–Crippen MR) is 70.4 cm³/mol. The Bertz CT molecular complexity index is 487. The highest BCUT2D eigenvalue weighted by molar-refractivity contribution is 9.10. The Hall–Kier alpha value is -0.430. The van der Waals surface area contributed by atoms with Gasteiger partial charge in [0.15, 0.2) is 0 Å². The summed E-state index contributed by atoms with van der Waals surface area (Å²) in [5, 5.41) is 3.18. The fraction of sp³-hybridized carbons (Fsp3) is 0.455. The molecule has 1 aliphatic rings. The van der Waals surface area contributed by atoms with Crippen molar-refractivity contribution in [3.8, 4) is 0 Å². The van der Waals surface area contributed by atoms with Crippen molar-refractivity contribution in [2.45, 2.75) is 17.9 Å². The largest absolute Gasteiger partial charge is 0.314 e. The molecule has 0 bridgehead atoms. The number of rotatable bonds is 2. The third-order valence-corrected chi connectivity index (χ3v) is 5.42. The van der Waals surface area contributed by atoms with Crippen LogP contribution < -0.4 is 5.32 Å². The quantitative estimate of drug-likeness (QED) is 0.897. The van der Waals surface area contributed by atoms with Gasteiger partial charge in [-0.25, -0.2) is 8.42 Å². The molecule has 0 amide bonds. The highest BCUT2D eigenvalue weighted by Gasteiger charge is 2.30. The van der Waals surface area contributed by atoms with E-state index in [4.69, 9.17) is 0 Å². The maximum Gasteiger partial charge on any atom is 0.243 e. The summed E-state index contributed by atoms with van der Waals surface area (Å²) in [4.78, 5) is 0.356. The summed E-state index contributed by atoms with van der Waals surface area (Å²) < 4.78 is 27.2. The second kappa shape index (κ2) is 5.06. The van der Waals surface area contributed by atoms with Gasteiger partial charge in [-0.1, -0.05) is 15.9 Å². The van der Waals surface area contributed by atoms with Gasteiger partial charge < -0.3 is 5.32 Å². The molecule has 0 radical (unpaired) electrons. The first-order valence-electron chi connectivity index (χ1n) is 5.50. The Morgan fingerprint density at radius 3 is 2.59 bits per heavy atom. The fourth-order valence-corrected chi connectivity index (χ4v) is 3.82. The van der Waals surface area contributed by atoms with Gasteiger partial charge >= 0.3 is 0 Å². The predicted octanol–water partition coefficient (Wildman–Crippen LogP) is 1.43. The molecule has 1 atom stereocenters. The number of piperazine rings is 1. The van der Waals surface area contributed by atoms with E-state index in [0.29, 0.717) is 24.5 Å². The van der Waals surface area contributed by atoms with Gasteiger partial charge in [-0.15, -0.1) is 0 Å². The molecule has 0 aliphatic carbocycles. The van der Waals surface area contributed by atoms with Gasteiger partial charge in [0.2, 0.25) is 10.0 Å². The minimum absolute atomic E-state index is 0.00241. The lowest BCUT2D eigenvalue weighted by atomic mass is 10.3. The number of hydrogen-bond donors (Lipinski definition) is 1. The molecule has 1 fully saturated rings. The summed E-state index contributed by atoms with van der Waals surface area (Å²) in [5.74, 6) is 0. The first-order valence-corrected chi connectivity index (χ1v) is 7.73. The monoisotopic (exact) mass is 318 g/mol. The van der Waals surface area contributed by atoms with Crippen LogP contribution in [0, 0.1) is 0 Å². The first kappa shape index (κ1) is 13.0. The first-order chi connectivity index (χ1) is 8.01. The molecule has 17 heavy (non-hydrogen) atoms. The second-order valence-corrected chi connectivity index (χ2v) is 6.93. The minimum atomic E-state index is -3.36. The van der Waals surface area contributed by atoms with Crippen LogP contribution in [-0.4, -0.2) is 38.4 Å². The van der Waals surface area contributed by atoms with Crippen LogP contribution in [0.3, 0.4) is 0 Å². The van der Waals surface area contributed by atoms with Gasteiger partial charge in [0.05, 0.1) is 4.90 Å². The lowest BCUT2D eigenvalue weighted by molar-refractivity contribution is 0.284. The number of halogens is 1. The van der Waals surface area contributed by atoms with Crippen LogP contribution in [0.4, 0.5) is 0 Å². The zero-order valence-electron chi connectivity index (χ0n) is 9.56. The van der Waals surface area contributed by atoms with E-state index in [2.05, 4.69) is 21.2 Å². The fourth-order valence-electron chi connectivity index (χ4n) is 1.92. The van der Waals surface area contributed by atoms with Crippen LogP contribution in [0.2, 0.25) is 0 Å². The van der Waals surface area contributed by atoms with Crippen LogP contribution in [0.15, 0.2) is 33.6 Å². The average Bonchev–Trinajstić information content (AvgIpc) is 2.30. The molecule has 1 heterocycles. The molecule has 0 aromatic heterocycles. The number of sulfonamides is 1. The standard InChI is InChI=1S/C11H15BrN2O2S/c1-9-8-13-6-7-14(9)17(15,16)11-4-2-10(12)3-5-11/h2-5,9,13H,6-8H2,1H3/t9-/m0/s1. The Morgan fingerprint density at radius 1 is 1.35 bits per heavy atom. The summed E-state index contributed by atoms with van der Waals surface area (Å²) in [6.07, 6.45) is 0. The van der Waals surface area contributed by atoms with Crippen LogP contribution >= 0.6 is 15.9 Å². The molecular weight excluding hydrogens is 304 g/mol. The van der Waals surface area contributed by atoms with Crippen LogP contribution in [0.5, 0.6) is 0 Å². The molecule has 4 nitrogen and oxygen atoms in total. The third kappa shape index (κ3) is 2.70. The van der Waals surface area contributed by atoms with E-state index >= 15 is 0 Å². The molecule has 1 aromatic rings. The van der Waals surface area contributed by atoms with Gasteiger partial charge in [0, 0.05) is 30.1 Å². The molecule has 6 heteroatoms. The topological polar surface area (TPSA) is 49.4 Å². The van der Waals surface area contributed by atoms with E-state index in [1.54, 1.807) is 28.6 Å². The molecule has 1 saturated heterocycles. The molecule has 94 valence electrons. The van der Waals surface area contributed by atoms with Crippen molar-refractivity contribution < 1.29 is 8.42 Å². The molecule has 0 saturated carbocycles. The lowest BCUT2D eigenvalue weighted by Crippen LogP contribution is -2.52. The number of hydrogen-bond acceptors (Lipinski definition) is 3. The van der Waals surface area contributed by atoms with Crippen molar-refractivity contribution in [1.29, 1.82) is 0 Å². The third-order valence-electron chi connectivity index (χ3n) is 2.86. The van der Waals surface area contributed by atoms with E-state index in [9.17, 15) is 8.42 Å². The van der Waals surface area contributed by atoms with Crippen molar-refractivity contribution in [1.82, 2.24) is 9.62 Å². The van der Waals surface area contributed by atoms with E-state index in [1.807, 2.05) is 6.92 Å². The van der Waals surface area contributed by atoms with E-state index in [0.717, 1.165) is 4.47 Å². The van der Waals surface area contributed by atoms with Gasteiger partial charge in [0.1, 0.15) is 0 Å². The summed E-state index contributed by atoms with van der Waals surface area (Å²) in [7, 11) is -3.36. The SMILES string of the molecule is C[C@H]1CNCCN1S(=O)(=O)c1ccc(Br)cc1. The van der Waals surface area contributed by atoms with Crippen molar-refractivity contribution in [3.63, 3.8) is 0 Å². The van der Waals surface area contributed by atoms with Crippen molar-refractivity contribution in [2.24, 2.45) is 0 Å². The van der Waals surface area contributed by atoms with Crippen LogP contribution in [0.25, 0.3) is 0 Å². The summed E-state index contributed by atoms with van der Waals surface area (Å²) >= 11 is 3.30. The zero-order valence-corrected chi connectivity index (χ0v) is 12.0. The Labute approximate surface area is 110 Å². The van der Waals surface area contributed by atoms with Gasteiger partial charge in [-0.2, -0.15) is 4.31 Å². The molecular formula is C11H15BrN2O2S. The maximum atomic E-state index is 12.4. The highest BCUT2D eigenvalue weighted by atomic mass is 79.9. The minimum Gasteiger partial charge on any atom is -0.314 e. The average molecular weight is 319 g/mol. The lowest BCUT2D eigenvalue weighted by Gasteiger charge is -2.32. The molecule has 1 aromatic carbocycles. The Morgan fingerprint density at radius 2 is 2.00 bits per heavy atom. The van der Waals surface area contributed by atoms with Gasteiger partial charge in [-0.05, 0) is 31.2 Å². The maximum absolute atomic E-state index is 12.4. The highest BCUT2D eigenvalue weighted by Crippen LogP contribution is 2.21. The summed E-state index contributed by atoms with van der Waals surface area (Å²) in [6.45, 7) is 3.86. The number of benzene rings is 1. The normalized spacial score (nSPS) is 22.6. The van der Waals surface area contributed by atoms with Gasteiger partial charge in [-0.3, -0.25) is 0 Å². The molecule has 0 spiro atoms. The molecule has 0 unspecified atom stereocenters. The van der Waals surface area contributed by atoms with Crippen LogP contribution in [-0.2, 0) is 10.0 Å². The Balaban J connectivity index is 2.32. The van der Waals surface area contributed by atoms with E-state index in [-0.39, 0.29) is 6.04 Å². The number of nitrogens with one attached hydrogen (secondary N) is 1. The van der Waals surface area contributed by atoms with E-state index < -0.39 is 10.0 Å². The second-order valence-electron chi connectivity index (χ2n) is 4.12. The van der Waals surface area contributed by atoms with Crippen LogP contribution in [0.1, 0.15) is 6.92 Å². The molecule has 1 aliphatic heterocycles. The smallest absolute Gasteiger partial charge is 0.243 e. The molecule has 1 N–H and O–H groups in total. The van der Waals surface area contributed by atoms with Crippen molar-refractivity contribution in [2.75, 3.05) is 19.6 Å². The summed E-state index contributed by atoms with van der Waals surface area (Å²) in [6, 6.07) is 6.76. The van der Waals surface area contributed by atoms with Crippen molar-refractivity contribution in [3.05, 3.63) is 28.7 Å². The molecule has 2 rings (SSSR count).